The standard InChI is InChI=1S/C15H23N3O4/c1-10(9-19)12(3)16-11(2)7-15(20)17-13-5-4-6-14(8-13)18(21)22/h4-6,8,10-12,16,19H,7,9H2,1-3H3,(H,17,20). The number of aliphatic hydroxyl groups is 1. The van der Waals surface area contributed by atoms with Gasteiger partial charge in [0.15, 0.2) is 0 Å². The molecule has 0 saturated heterocycles. The molecule has 3 N–H and O–H groups in total. The Morgan fingerprint density at radius 3 is 2.64 bits per heavy atom. The highest BCUT2D eigenvalue weighted by molar-refractivity contribution is 5.91. The monoisotopic (exact) mass is 309 g/mol. The van der Waals surface area contributed by atoms with E-state index < -0.39 is 4.92 Å². The highest BCUT2D eigenvalue weighted by Gasteiger charge is 2.16. The second-order valence-corrected chi connectivity index (χ2v) is 5.58. The first-order valence-electron chi connectivity index (χ1n) is 7.24. The van der Waals surface area contributed by atoms with Crippen molar-refractivity contribution >= 4 is 17.3 Å². The van der Waals surface area contributed by atoms with E-state index in [1.54, 1.807) is 6.07 Å². The molecule has 3 atom stereocenters. The van der Waals surface area contributed by atoms with Gasteiger partial charge >= 0.3 is 0 Å². The second kappa shape index (κ2) is 8.45. The molecule has 0 fully saturated rings. The summed E-state index contributed by atoms with van der Waals surface area (Å²) in [5.41, 5.74) is 0.345. The van der Waals surface area contributed by atoms with Crippen LogP contribution in [0.2, 0.25) is 0 Å². The van der Waals surface area contributed by atoms with Crippen molar-refractivity contribution in [1.29, 1.82) is 0 Å². The number of carbonyl (C=O) groups excluding carboxylic acids is 1. The van der Waals surface area contributed by atoms with Crippen molar-refractivity contribution in [3.63, 3.8) is 0 Å². The van der Waals surface area contributed by atoms with Gasteiger partial charge in [0.05, 0.1) is 4.92 Å². The van der Waals surface area contributed by atoms with Gasteiger partial charge in [0.1, 0.15) is 0 Å². The molecule has 0 saturated carbocycles. The van der Waals surface area contributed by atoms with Gasteiger partial charge in [0.25, 0.3) is 5.69 Å². The van der Waals surface area contributed by atoms with Crippen molar-refractivity contribution in [3.05, 3.63) is 34.4 Å². The third-order valence-electron chi connectivity index (χ3n) is 3.52. The third kappa shape index (κ3) is 5.79. The van der Waals surface area contributed by atoms with Gasteiger partial charge in [-0.15, -0.1) is 0 Å². The number of aliphatic hydroxyl groups excluding tert-OH is 1. The van der Waals surface area contributed by atoms with Crippen molar-refractivity contribution in [2.45, 2.75) is 39.3 Å². The van der Waals surface area contributed by atoms with E-state index in [0.717, 1.165) is 0 Å². The van der Waals surface area contributed by atoms with Gasteiger partial charge in [-0.05, 0) is 25.8 Å². The topological polar surface area (TPSA) is 104 Å². The van der Waals surface area contributed by atoms with Gasteiger partial charge in [0, 0.05) is 42.9 Å². The Morgan fingerprint density at radius 1 is 1.36 bits per heavy atom. The molecule has 0 aliphatic rings. The van der Waals surface area contributed by atoms with Crippen LogP contribution in [0, 0.1) is 16.0 Å². The SMILES string of the molecule is CC(CC(=O)Nc1cccc([N+](=O)[O-])c1)NC(C)C(C)CO. The lowest BCUT2D eigenvalue weighted by Gasteiger charge is -2.23. The van der Waals surface area contributed by atoms with Crippen LogP contribution in [-0.4, -0.2) is 34.6 Å². The van der Waals surface area contributed by atoms with Crippen LogP contribution in [0.25, 0.3) is 0 Å². The lowest BCUT2D eigenvalue weighted by molar-refractivity contribution is -0.384. The molecule has 0 radical (unpaired) electrons. The van der Waals surface area contributed by atoms with E-state index in [2.05, 4.69) is 10.6 Å². The van der Waals surface area contributed by atoms with Crippen LogP contribution in [0.1, 0.15) is 27.2 Å². The molecule has 0 heterocycles. The number of anilines is 1. The molecule has 1 aromatic rings. The first kappa shape index (κ1) is 18.1. The van der Waals surface area contributed by atoms with E-state index in [1.165, 1.54) is 18.2 Å². The zero-order valence-electron chi connectivity index (χ0n) is 13.1. The van der Waals surface area contributed by atoms with Gasteiger partial charge in [0.2, 0.25) is 5.91 Å². The highest BCUT2D eigenvalue weighted by Crippen LogP contribution is 2.17. The number of non-ortho nitro benzene ring substituents is 1. The number of amides is 1. The van der Waals surface area contributed by atoms with Gasteiger partial charge in [-0.3, -0.25) is 14.9 Å². The van der Waals surface area contributed by atoms with Crippen molar-refractivity contribution in [3.8, 4) is 0 Å². The molecule has 1 aromatic carbocycles. The van der Waals surface area contributed by atoms with Crippen molar-refractivity contribution < 1.29 is 14.8 Å². The van der Waals surface area contributed by atoms with Crippen LogP contribution in [0.5, 0.6) is 0 Å². The maximum Gasteiger partial charge on any atom is 0.271 e. The number of rotatable bonds is 8. The number of carbonyl (C=O) groups is 1. The molecule has 7 nitrogen and oxygen atoms in total. The molecule has 1 amide bonds. The van der Waals surface area contributed by atoms with Crippen LogP contribution in [0.3, 0.4) is 0 Å². The summed E-state index contributed by atoms with van der Waals surface area (Å²) in [6.07, 6.45) is 0.241. The fourth-order valence-corrected chi connectivity index (χ4v) is 2.02. The Hall–Kier alpha value is -1.99. The molecular weight excluding hydrogens is 286 g/mol. The maximum atomic E-state index is 12.0. The smallest absolute Gasteiger partial charge is 0.271 e. The number of nitro benzene ring substituents is 1. The average molecular weight is 309 g/mol. The van der Waals surface area contributed by atoms with Crippen LogP contribution >= 0.6 is 0 Å². The van der Waals surface area contributed by atoms with E-state index in [1.807, 2.05) is 20.8 Å². The molecule has 3 unspecified atom stereocenters. The van der Waals surface area contributed by atoms with Crippen LogP contribution in [0.4, 0.5) is 11.4 Å². The van der Waals surface area contributed by atoms with Gasteiger partial charge in [-0.25, -0.2) is 0 Å². The number of benzene rings is 1. The van der Waals surface area contributed by atoms with E-state index in [4.69, 9.17) is 5.11 Å². The number of hydrogen-bond donors (Lipinski definition) is 3. The molecule has 0 spiro atoms. The lowest BCUT2D eigenvalue weighted by Crippen LogP contribution is -2.41. The maximum absolute atomic E-state index is 12.0. The summed E-state index contributed by atoms with van der Waals surface area (Å²) in [6.45, 7) is 5.85. The Bertz CT molecular complexity index is 521. The fraction of sp³-hybridized carbons (Fsp3) is 0.533. The first-order valence-corrected chi connectivity index (χ1v) is 7.24. The predicted molar refractivity (Wildman–Crippen MR) is 84.7 cm³/mol. The molecule has 22 heavy (non-hydrogen) atoms. The van der Waals surface area contributed by atoms with Gasteiger partial charge in [-0.1, -0.05) is 13.0 Å². The van der Waals surface area contributed by atoms with E-state index in [9.17, 15) is 14.9 Å². The number of nitro groups is 1. The molecule has 1 rings (SSSR count). The minimum Gasteiger partial charge on any atom is -0.396 e. The summed E-state index contributed by atoms with van der Waals surface area (Å²) in [5.74, 6) is -0.119. The number of nitrogens with zero attached hydrogens (tertiary/aromatic N) is 1. The van der Waals surface area contributed by atoms with Crippen molar-refractivity contribution in [2.75, 3.05) is 11.9 Å². The zero-order chi connectivity index (χ0) is 16.7. The Labute approximate surface area is 129 Å². The molecule has 0 bridgehead atoms. The molecular formula is C15H23N3O4. The molecule has 0 aromatic heterocycles. The van der Waals surface area contributed by atoms with Crippen LogP contribution in [-0.2, 0) is 4.79 Å². The number of hydrogen-bond acceptors (Lipinski definition) is 5. The van der Waals surface area contributed by atoms with Gasteiger partial charge in [-0.2, -0.15) is 0 Å². The minimum atomic E-state index is -0.502. The Balaban J connectivity index is 2.52. The summed E-state index contributed by atoms with van der Waals surface area (Å²) in [4.78, 5) is 22.1. The quantitative estimate of drug-likeness (QED) is 0.502. The Morgan fingerprint density at radius 2 is 2.05 bits per heavy atom. The van der Waals surface area contributed by atoms with Crippen molar-refractivity contribution in [1.82, 2.24) is 5.32 Å². The normalized spacial score (nSPS) is 14.9. The van der Waals surface area contributed by atoms with Crippen molar-refractivity contribution in [2.24, 2.45) is 5.92 Å². The predicted octanol–water partition coefficient (Wildman–Crippen LogP) is 1.92. The summed E-state index contributed by atoms with van der Waals surface area (Å²) in [6, 6.07) is 5.86. The lowest BCUT2D eigenvalue weighted by atomic mass is 10.0. The molecule has 7 heteroatoms. The second-order valence-electron chi connectivity index (χ2n) is 5.58. The third-order valence-corrected chi connectivity index (χ3v) is 3.52. The van der Waals surface area contributed by atoms with E-state index >= 15 is 0 Å². The van der Waals surface area contributed by atoms with E-state index in [0.29, 0.717) is 5.69 Å². The highest BCUT2D eigenvalue weighted by atomic mass is 16.6. The summed E-state index contributed by atoms with van der Waals surface area (Å²) >= 11 is 0. The summed E-state index contributed by atoms with van der Waals surface area (Å²) in [7, 11) is 0. The van der Waals surface area contributed by atoms with E-state index in [-0.39, 0.29) is 42.6 Å². The fourth-order valence-electron chi connectivity index (χ4n) is 2.02. The first-order chi connectivity index (χ1) is 10.3. The molecule has 122 valence electrons. The minimum absolute atomic E-state index is 0.0608. The van der Waals surface area contributed by atoms with Crippen LogP contribution < -0.4 is 10.6 Å². The molecule has 0 aliphatic heterocycles. The average Bonchev–Trinajstić information content (AvgIpc) is 2.46. The Kier molecular flexibility index (Phi) is 6.94. The van der Waals surface area contributed by atoms with Gasteiger partial charge < -0.3 is 15.7 Å². The largest absolute Gasteiger partial charge is 0.396 e. The summed E-state index contributed by atoms with van der Waals surface area (Å²) in [5, 5.41) is 25.7. The molecule has 0 aliphatic carbocycles. The number of nitrogens with one attached hydrogen (secondary N) is 2. The van der Waals surface area contributed by atoms with Crippen LogP contribution in [0.15, 0.2) is 24.3 Å². The zero-order valence-corrected chi connectivity index (χ0v) is 13.1. The summed E-state index contributed by atoms with van der Waals surface area (Å²) < 4.78 is 0.